The number of thioether (sulfide) groups is 1. The number of nitrogens with one attached hydrogen (secondary N) is 6. The molecule has 0 saturated carbocycles. The van der Waals surface area contributed by atoms with Gasteiger partial charge in [0.05, 0.1) is 24.0 Å². The topological polar surface area (TPSA) is 299 Å². The Hall–Kier alpha value is -7.00. The number of carbonyl (C=O) groups is 9. The van der Waals surface area contributed by atoms with E-state index >= 15 is 0 Å². The van der Waals surface area contributed by atoms with E-state index in [1.165, 1.54) is 63.8 Å². The minimum atomic E-state index is -1.91. The smallest absolute Gasteiger partial charge is 0.327 e. The molecule has 0 aliphatic carbocycles. The summed E-state index contributed by atoms with van der Waals surface area (Å²) in [6, 6.07) is 6.52. The number of phenolic OH excluding ortho intramolecular Hbond substituents is 1. The van der Waals surface area contributed by atoms with Crippen molar-refractivity contribution in [1.29, 1.82) is 0 Å². The summed E-state index contributed by atoms with van der Waals surface area (Å²) in [5.41, 5.74) is 1.79. The standard InChI is InChI=1S/C51H69N7O13S/c1-28(25-29(2)41(71-8)27-34-13-11-10-12-14-34)15-20-37-30(3)44(61)55-39(50(67)68)21-22-42(60)58(7)33(6)47(64)52-32(5)46(63)56-40(26-35-16-18-36(59)19-17-35)49(66)57-43(51(69)70)31(4)45(62)54-38(23-24-72-9)48(65)53-37/h10-20,25,29-32,37-41,43,59H,6,21-24,26-27H2,1-5,7-9H3,(H,52,64)(H,53,65)(H,54,62)(H,55,61)(H,56,63)(H,57,66)(H,67,68)(H,69,70)/b20-15+,28-25+/t29-,30-,31-,32+,37-,38-,39-,40-,41-,43+/m0/s1. The molecule has 1 heterocycles. The van der Waals surface area contributed by atoms with Crippen molar-refractivity contribution in [2.75, 3.05) is 26.2 Å². The van der Waals surface area contributed by atoms with Crippen LogP contribution in [0.1, 0.15) is 65.0 Å². The maximum atomic E-state index is 14.3. The average molecular weight is 1020 g/mol. The monoisotopic (exact) mass is 1020 g/mol. The number of aromatic hydroxyl groups is 1. The van der Waals surface area contributed by atoms with Gasteiger partial charge in [-0.25, -0.2) is 9.59 Å². The number of aliphatic carboxylic acids is 2. The molecule has 1 aliphatic heterocycles. The van der Waals surface area contributed by atoms with Crippen LogP contribution >= 0.6 is 11.8 Å². The van der Waals surface area contributed by atoms with Gasteiger partial charge in [0.25, 0.3) is 5.91 Å². The average Bonchev–Trinajstić information content (AvgIpc) is 3.34. The normalized spacial score (nSPS) is 25.1. The van der Waals surface area contributed by atoms with Gasteiger partial charge < -0.3 is 56.9 Å². The van der Waals surface area contributed by atoms with Gasteiger partial charge in [-0.15, -0.1) is 0 Å². The van der Waals surface area contributed by atoms with Gasteiger partial charge in [0.15, 0.2) is 0 Å². The molecule has 1 fully saturated rings. The van der Waals surface area contributed by atoms with E-state index in [0.717, 1.165) is 16.0 Å². The van der Waals surface area contributed by atoms with Crippen molar-refractivity contribution in [3.05, 3.63) is 102 Å². The summed E-state index contributed by atoms with van der Waals surface area (Å²) < 4.78 is 5.82. The molecule has 392 valence electrons. The second kappa shape index (κ2) is 28.7. The highest BCUT2D eigenvalue weighted by Gasteiger charge is 2.37. The SMILES string of the molecule is C=C1C(=O)N[C@H](C)C(=O)N[C@@H](Cc2ccc(O)cc2)C(=O)N[C@@H](C(=O)O)[C@H](C)C(=O)N[C@@H](CCSC)C(=O)N[C@@H](/C=C/C(C)=C/[C@H](C)[C@H](Cc2ccccc2)OC)[C@H](C)C(=O)N[C@H](C(=O)O)CCC(=O)N1C. The highest BCUT2D eigenvalue weighted by atomic mass is 32.2. The van der Waals surface area contributed by atoms with Crippen LogP contribution in [-0.4, -0.2) is 142 Å². The maximum absolute atomic E-state index is 14.3. The fourth-order valence-corrected chi connectivity index (χ4v) is 8.03. The van der Waals surface area contributed by atoms with Crippen molar-refractivity contribution in [3.63, 3.8) is 0 Å². The molecule has 10 atom stereocenters. The first-order valence-electron chi connectivity index (χ1n) is 23.4. The van der Waals surface area contributed by atoms with Gasteiger partial charge in [0.1, 0.15) is 41.7 Å². The van der Waals surface area contributed by atoms with Gasteiger partial charge in [0, 0.05) is 32.9 Å². The Morgan fingerprint density at radius 2 is 1.42 bits per heavy atom. The van der Waals surface area contributed by atoms with Gasteiger partial charge in [-0.1, -0.05) is 93.6 Å². The fraction of sp³-hybridized carbons (Fsp3) is 0.471. The number of allylic oxidation sites excluding steroid dienone is 2. The summed E-state index contributed by atoms with van der Waals surface area (Å²) in [6.07, 6.45) is 6.25. The predicted octanol–water partition coefficient (Wildman–Crippen LogP) is 2.22. The van der Waals surface area contributed by atoms with Crippen LogP contribution in [0.15, 0.2) is 90.7 Å². The summed E-state index contributed by atoms with van der Waals surface area (Å²) in [6.45, 7) is 11.4. The molecule has 0 unspecified atom stereocenters. The second-order valence-electron chi connectivity index (χ2n) is 17.8. The molecule has 0 bridgehead atoms. The molecule has 0 radical (unpaired) electrons. The molecule has 9 N–H and O–H groups in total. The Bertz CT molecular complexity index is 2330. The van der Waals surface area contributed by atoms with Gasteiger partial charge in [-0.2, -0.15) is 11.8 Å². The second-order valence-corrected chi connectivity index (χ2v) is 18.8. The lowest BCUT2D eigenvalue weighted by atomic mass is 9.94. The van der Waals surface area contributed by atoms with Crippen molar-refractivity contribution in [2.24, 2.45) is 17.8 Å². The van der Waals surface area contributed by atoms with Crippen LogP contribution in [0.5, 0.6) is 5.75 Å². The van der Waals surface area contributed by atoms with Crippen LogP contribution in [0.4, 0.5) is 0 Å². The molecule has 2 aromatic carbocycles. The van der Waals surface area contributed by atoms with Crippen molar-refractivity contribution in [1.82, 2.24) is 36.8 Å². The quantitative estimate of drug-likeness (QED) is 0.0969. The minimum absolute atomic E-state index is 0.0360. The number of ether oxygens (including phenoxy) is 1. The molecule has 1 aliphatic rings. The number of methoxy groups -OCH3 is 1. The summed E-state index contributed by atoms with van der Waals surface area (Å²) in [5.74, 6) is -11.9. The van der Waals surface area contributed by atoms with E-state index < -0.39 is 120 Å². The third-order valence-corrected chi connectivity index (χ3v) is 12.9. The molecule has 7 amide bonds. The zero-order valence-corrected chi connectivity index (χ0v) is 42.7. The summed E-state index contributed by atoms with van der Waals surface area (Å²) in [4.78, 5) is 122. The van der Waals surface area contributed by atoms with E-state index in [0.29, 0.717) is 17.7 Å². The van der Waals surface area contributed by atoms with E-state index in [2.05, 4.69) is 38.5 Å². The number of amides is 7. The van der Waals surface area contributed by atoms with Crippen molar-refractivity contribution in [2.45, 2.75) is 109 Å². The summed E-state index contributed by atoms with van der Waals surface area (Å²) in [7, 11) is 2.82. The molecular formula is C51H69N7O13S. The summed E-state index contributed by atoms with van der Waals surface area (Å²) >= 11 is 1.35. The van der Waals surface area contributed by atoms with E-state index in [4.69, 9.17) is 4.74 Å². The fourth-order valence-electron chi connectivity index (χ4n) is 7.56. The number of carbonyl (C=O) groups excluding carboxylic acids is 7. The lowest BCUT2D eigenvalue weighted by Gasteiger charge is -2.28. The highest BCUT2D eigenvalue weighted by Crippen LogP contribution is 2.19. The van der Waals surface area contributed by atoms with Crippen LogP contribution in [0.3, 0.4) is 0 Å². The molecule has 0 aromatic heterocycles. The molecule has 21 heteroatoms. The Morgan fingerprint density at radius 3 is 2.01 bits per heavy atom. The Balaban J connectivity index is 2.10. The summed E-state index contributed by atoms with van der Waals surface area (Å²) in [5, 5.41) is 45.5. The van der Waals surface area contributed by atoms with E-state index in [9.17, 15) is 58.5 Å². The predicted molar refractivity (Wildman–Crippen MR) is 270 cm³/mol. The number of carboxylic acids is 2. The number of hydrogen-bond donors (Lipinski definition) is 9. The molecule has 3 rings (SSSR count). The number of likely N-dealkylation sites (N-methyl/N-ethyl adjacent to an activating group) is 1. The third-order valence-electron chi connectivity index (χ3n) is 12.3. The zero-order valence-electron chi connectivity index (χ0n) is 41.9. The molecule has 2 aromatic rings. The number of hydrogen-bond acceptors (Lipinski definition) is 12. The largest absolute Gasteiger partial charge is 0.508 e. The van der Waals surface area contributed by atoms with Gasteiger partial charge in [0.2, 0.25) is 35.4 Å². The number of nitrogens with zero attached hydrogens (tertiary/aromatic N) is 1. The molecule has 72 heavy (non-hydrogen) atoms. The van der Waals surface area contributed by atoms with Crippen LogP contribution in [-0.2, 0) is 60.7 Å². The minimum Gasteiger partial charge on any atom is -0.508 e. The van der Waals surface area contributed by atoms with E-state index in [1.54, 1.807) is 25.5 Å². The number of benzene rings is 2. The van der Waals surface area contributed by atoms with Crippen molar-refractivity contribution < 1.29 is 63.2 Å². The van der Waals surface area contributed by atoms with Gasteiger partial charge in [-0.05, 0) is 68.4 Å². The molecule has 1 saturated heterocycles. The maximum Gasteiger partial charge on any atom is 0.327 e. The number of rotatable bonds is 14. The molecule has 20 nitrogen and oxygen atoms in total. The van der Waals surface area contributed by atoms with Gasteiger partial charge in [-0.3, -0.25) is 33.6 Å². The van der Waals surface area contributed by atoms with E-state index in [-0.39, 0.29) is 30.6 Å². The first-order valence-corrected chi connectivity index (χ1v) is 24.8. The molecule has 0 spiro atoms. The van der Waals surface area contributed by atoms with E-state index in [1.807, 2.05) is 50.3 Å². The van der Waals surface area contributed by atoms with Crippen molar-refractivity contribution >= 4 is 65.1 Å². The third kappa shape index (κ3) is 18.3. The van der Waals surface area contributed by atoms with Crippen LogP contribution in [0, 0.1) is 17.8 Å². The highest BCUT2D eigenvalue weighted by molar-refractivity contribution is 7.98. The Labute approximate surface area is 424 Å². The van der Waals surface area contributed by atoms with Crippen molar-refractivity contribution in [3.8, 4) is 5.75 Å². The zero-order chi connectivity index (χ0) is 53.8. The Kier molecular flexibility index (Phi) is 23.7. The van der Waals surface area contributed by atoms with Crippen LogP contribution in [0.25, 0.3) is 0 Å². The molecular weight excluding hydrogens is 951 g/mol. The first-order chi connectivity index (χ1) is 34.0. The van der Waals surface area contributed by atoms with Crippen LogP contribution in [0.2, 0.25) is 0 Å². The Morgan fingerprint density at radius 1 is 0.806 bits per heavy atom. The lowest BCUT2D eigenvalue weighted by molar-refractivity contribution is -0.146. The number of phenols is 1. The first kappa shape index (κ1) is 59.3. The van der Waals surface area contributed by atoms with Crippen LogP contribution < -0.4 is 31.9 Å². The lowest BCUT2D eigenvalue weighted by Crippen LogP contribution is -2.59. The van der Waals surface area contributed by atoms with Gasteiger partial charge >= 0.3 is 11.9 Å². The number of carboxylic acid groups (broad SMARTS) is 2.